The van der Waals surface area contributed by atoms with Crippen LogP contribution in [0.15, 0.2) is 65.6 Å². The van der Waals surface area contributed by atoms with Gasteiger partial charge < -0.3 is 26.2 Å². The number of hydrogen-bond acceptors (Lipinski definition) is 8. The summed E-state index contributed by atoms with van der Waals surface area (Å²) in [6, 6.07) is 10.8. The minimum absolute atomic E-state index is 0.0679. The van der Waals surface area contributed by atoms with Gasteiger partial charge in [0.15, 0.2) is 11.4 Å². The number of Topliss-reactive ketones (excluding diaryl/α,β-unsaturated/α-hetero) is 2. The number of carbonyl (C=O) groups excluding carboxylic acids is 4. The second-order valence-electron chi connectivity index (χ2n) is 8.60. The Morgan fingerprint density at radius 1 is 1.03 bits per heavy atom. The Morgan fingerprint density at radius 3 is 2.17 bits per heavy atom. The van der Waals surface area contributed by atoms with Crippen LogP contribution in [0.1, 0.15) is 41.0 Å². The Morgan fingerprint density at radius 2 is 1.63 bits per heavy atom. The molecule has 1 aliphatic rings. The topological polar surface area (TPSA) is 175 Å². The lowest BCUT2D eigenvalue weighted by atomic mass is 9.67. The van der Waals surface area contributed by atoms with Gasteiger partial charge in [-0.25, -0.2) is 0 Å². The first-order valence-electron chi connectivity index (χ1n) is 10.8. The Labute approximate surface area is 200 Å². The highest BCUT2D eigenvalue weighted by Gasteiger charge is 2.53. The highest BCUT2D eigenvalue weighted by molar-refractivity contribution is 6.23. The molecule has 1 aliphatic carbocycles. The van der Waals surface area contributed by atoms with Crippen molar-refractivity contribution >= 4 is 23.8 Å². The van der Waals surface area contributed by atoms with Crippen molar-refractivity contribution in [3.8, 4) is 16.9 Å². The third-order valence-corrected chi connectivity index (χ3v) is 6.38. The van der Waals surface area contributed by atoms with Gasteiger partial charge in [0, 0.05) is 17.1 Å². The van der Waals surface area contributed by atoms with Crippen LogP contribution in [0.25, 0.3) is 11.1 Å². The molecule has 0 unspecified atom stereocenters. The summed E-state index contributed by atoms with van der Waals surface area (Å²) in [7, 11) is 0. The molecule has 0 spiro atoms. The summed E-state index contributed by atoms with van der Waals surface area (Å²) in [5.41, 5.74) is 2.62. The van der Waals surface area contributed by atoms with Crippen molar-refractivity contribution in [2.24, 2.45) is 17.6 Å². The van der Waals surface area contributed by atoms with E-state index in [0.717, 1.165) is 0 Å². The fourth-order valence-electron chi connectivity index (χ4n) is 4.39. The summed E-state index contributed by atoms with van der Waals surface area (Å²) < 4.78 is 0. The van der Waals surface area contributed by atoms with E-state index >= 15 is 0 Å². The van der Waals surface area contributed by atoms with Crippen LogP contribution in [0.3, 0.4) is 0 Å². The Bertz CT molecular complexity index is 1270. The van der Waals surface area contributed by atoms with Crippen LogP contribution in [-0.2, 0) is 9.59 Å². The second-order valence-corrected chi connectivity index (χ2v) is 8.60. The predicted molar refractivity (Wildman–Crippen MR) is 126 cm³/mol. The molecule has 0 fully saturated rings. The van der Waals surface area contributed by atoms with Crippen LogP contribution in [-0.4, -0.2) is 49.8 Å². The maximum absolute atomic E-state index is 13.5. The maximum atomic E-state index is 13.5. The Balaban J connectivity index is 2.14. The van der Waals surface area contributed by atoms with Gasteiger partial charge in [0.25, 0.3) is 5.91 Å². The number of aromatic hydroxyl groups is 1. The molecule has 0 heterocycles. The highest BCUT2D eigenvalue weighted by atomic mass is 16.3. The molecule has 0 bridgehead atoms. The molecule has 0 saturated heterocycles. The first kappa shape index (κ1) is 25.4. The zero-order valence-electron chi connectivity index (χ0n) is 19.1. The lowest BCUT2D eigenvalue weighted by molar-refractivity contribution is -0.140. The van der Waals surface area contributed by atoms with Gasteiger partial charge in [-0.15, -0.1) is 0 Å². The number of aldehydes is 1. The molecule has 3 rings (SSSR count). The van der Waals surface area contributed by atoms with E-state index in [1.54, 1.807) is 37.3 Å². The number of phenolic OH excluding ortho intramolecular Hbond substituents is 1. The Kier molecular flexibility index (Phi) is 6.93. The molecule has 0 saturated carbocycles. The number of hydrogen-bond donors (Lipinski definition) is 5. The summed E-state index contributed by atoms with van der Waals surface area (Å²) in [4.78, 5) is 48.9. The summed E-state index contributed by atoms with van der Waals surface area (Å²) in [6.45, 7) is 3.06. The monoisotopic (exact) mass is 479 g/mol. The number of carbonyl (C=O) groups is 4. The standard InChI is InChI=1S/C26H25NO8/c1-13-9-14(2)26(35,23(32)19(12-29)25(27)34)24(33)21(13)22(31)18-10-17(7-8-20(18)30)16-5-3-15(11-28)4-6-16/h3-8,10-14,29-30,33,35H,9H2,1-2H3,(H2,27,34)/b19-12-/t13-,14+,26-/m1/s1. The van der Waals surface area contributed by atoms with E-state index in [1.807, 2.05) is 0 Å². The normalized spacial score (nSPS) is 22.5. The molecule has 2 aromatic rings. The lowest BCUT2D eigenvalue weighted by Gasteiger charge is -2.39. The van der Waals surface area contributed by atoms with Crippen LogP contribution in [0.5, 0.6) is 5.75 Å². The van der Waals surface area contributed by atoms with Crippen molar-refractivity contribution in [2.75, 3.05) is 0 Å². The number of nitrogens with two attached hydrogens (primary N) is 1. The molecule has 6 N–H and O–H groups in total. The molecule has 1 amide bonds. The number of rotatable bonds is 7. The fourth-order valence-corrected chi connectivity index (χ4v) is 4.39. The van der Waals surface area contributed by atoms with Gasteiger partial charge in [-0.3, -0.25) is 19.2 Å². The molecule has 9 nitrogen and oxygen atoms in total. The molecule has 0 aromatic heterocycles. The van der Waals surface area contributed by atoms with Gasteiger partial charge in [-0.2, -0.15) is 0 Å². The summed E-state index contributed by atoms with van der Waals surface area (Å²) in [5.74, 6) is -6.42. The highest BCUT2D eigenvalue weighted by Crippen LogP contribution is 2.43. The average Bonchev–Trinajstić information content (AvgIpc) is 2.83. The van der Waals surface area contributed by atoms with Crippen LogP contribution < -0.4 is 5.73 Å². The molecule has 9 heteroatoms. The molecular formula is C26H25NO8. The van der Waals surface area contributed by atoms with Gasteiger partial charge >= 0.3 is 0 Å². The first-order chi connectivity index (χ1) is 16.5. The van der Waals surface area contributed by atoms with E-state index in [9.17, 15) is 39.6 Å². The number of amides is 1. The van der Waals surface area contributed by atoms with Crippen molar-refractivity contribution in [1.29, 1.82) is 0 Å². The number of aliphatic hydroxyl groups is 3. The minimum Gasteiger partial charge on any atom is -0.515 e. The van der Waals surface area contributed by atoms with Crippen molar-refractivity contribution in [2.45, 2.75) is 25.9 Å². The number of benzene rings is 2. The van der Waals surface area contributed by atoms with Crippen LogP contribution in [0.2, 0.25) is 0 Å². The van der Waals surface area contributed by atoms with Crippen molar-refractivity contribution in [1.82, 2.24) is 0 Å². The number of primary amides is 1. The van der Waals surface area contributed by atoms with Gasteiger partial charge in [-0.1, -0.05) is 44.2 Å². The van der Waals surface area contributed by atoms with Gasteiger partial charge in [0.05, 0.1) is 11.8 Å². The molecule has 2 aromatic carbocycles. The van der Waals surface area contributed by atoms with E-state index in [2.05, 4.69) is 0 Å². The van der Waals surface area contributed by atoms with E-state index in [1.165, 1.54) is 19.1 Å². The predicted octanol–water partition coefficient (Wildman–Crippen LogP) is 2.77. The summed E-state index contributed by atoms with van der Waals surface area (Å²) in [6.07, 6.45) is 0.903. The number of allylic oxidation sites excluding steroid dienone is 1. The van der Waals surface area contributed by atoms with E-state index in [4.69, 9.17) is 5.73 Å². The molecule has 182 valence electrons. The van der Waals surface area contributed by atoms with Crippen molar-refractivity contribution in [3.05, 3.63) is 76.8 Å². The van der Waals surface area contributed by atoms with Gasteiger partial charge in [-0.05, 0) is 35.6 Å². The van der Waals surface area contributed by atoms with Gasteiger partial charge in [0.2, 0.25) is 5.78 Å². The van der Waals surface area contributed by atoms with Crippen molar-refractivity contribution in [3.63, 3.8) is 0 Å². The SMILES string of the molecule is C[C@@H]1C[C@H](C)[C@@](O)(C(=O)/C(=C/O)C(N)=O)C(O)=C1C(=O)c1cc(-c2ccc(C=O)cc2)ccc1O. The molecule has 3 atom stereocenters. The zero-order chi connectivity index (χ0) is 26.1. The summed E-state index contributed by atoms with van der Waals surface area (Å²) in [5, 5.41) is 41.9. The number of aliphatic hydroxyl groups excluding tert-OH is 2. The van der Waals surface area contributed by atoms with Crippen LogP contribution in [0, 0.1) is 11.8 Å². The van der Waals surface area contributed by atoms with Crippen molar-refractivity contribution < 1.29 is 39.6 Å². The number of ketones is 2. The number of phenols is 1. The third kappa shape index (κ3) is 4.33. The third-order valence-electron chi connectivity index (χ3n) is 6.38. The lowest BCUT2D eigenvalue weighted by Crippen LogP contribution is -2.53. The zero-order valence-corrected chi connectivity index (χ0v) is 19.1. The quantitative estimate of drug-likeness (QED) is 0.101. The first-order valence-corrected chi connectivity index (χ1v) is 10.8. The molecular weight excluding hydrogens is 454 g/mol. The smallest absolute Gasteiger partial charge is 0.255 e. The largest absolute Gasteiger partial charge is 0.515 e. The summed E-state index contributed by atoms with van der Waals surface area (Å²) >= 11 is 0. The fraction of sp³-hybridized carbons (Fsp3) is 0.231. The van der Waals surface area contributed by atoms with E-state index < -0.39 is 52.0 Å². The second kappa shape index (κ2) is 9.55. The van der Waals surface area contributed by atoms with E-state index in [0.29, 0.717) is 23.0 Å². The molecule has 0 radical (unpaired) electrons. The van der Waals surface area contributed by atoms with Crippen LogP contribution >= 0.6 is 0 Å². The molecule has 35 heavy (non-hydrogen) atoms. The molecule has 0 aliphatic heterocycles. The van der Waals surface area contributed by atoms with Crippen LogP contribution in [0.4, 0.5) is 0 Å². The van der Waals surface area contributed by atoms with Gasteiger partial charge in [0.1, 0.15) is 23.4 Å². The Hall–Kier alpha value is -4.24. The van der Waals surface area contributed by atoms with E-state index in [-0.39, 0.29) is 23.8 Å². The minimum atomic E-state index is -2.70. The maximum Gasteiger partial charge on any atom is 0.255 e. The average molecular weight is 479 g/mol.